The van der Waals surface area contributed by atoms with E-state index in [1.54, 1.807) is 0 Å². The van der Waals surface area contributed by atoms with Crippen LogP contribution < -0.4 is 5.32 Å². The van der Waals surface area contributed by atoms with Crippen molar-refractivity contribution in [1.82, 2.24) is 10.2 Å². The Balaban J connectivity index is 2.44. The van der Waals surface area contributed by atoms with E-state index in [0.717, 1.165) is 39.3 Å². The van der Waals surface area contributed by atoms with Crippen LogP contribution in [0.25, 0.3) is 0 Å². The minimum absolute atomic E-state index is 0.137. The van der Waals surface area contributed by atoms with Crippen molar-refractivity contribution in [2.45, 2.75) is 40.2 Å². The van der Waals surface area contributed by atoms with Gasteiger partial charge in [-0.1, -0.05) is 34.1 Å². The van der Waals surface area contributed by atoms with E-state index in [4.69, 9.17) is 9.47 Å². The fourth-order valence-electron chi connectivity index (χ4n) is 2.15. The number of carbonyl (C=O) groups is 1. The van der Waals surface area contributed by atoms with Crippen molar-refractivity contribution in [2.75, 3.05) is 39.5 Å². The molecule has 5 heteroatoms. The van der Waals surface area contributed by atoms with E-state index >= 15 is 0 Å². The SMILES string of the molecule is CCC(C)[C@@H](CN1CCOCC1)NC(=O)OCC(C)C. The second kappa shape index (κ2) is 9.19. The van der Waals surface area contributed by atoms with Gasteiger partial charge in [0.25, 0.3) is 0 Å². The monoisotopic (exact) mass is 286 g/mol. The Labute approximate surface area is 123 Å². The summed E-state index contributed by atoms with van der Waals surface area (Å²) in [5.74, 6) is 0.798. The minimum atomic E-state index is -0.294. The molecule has 20 heavy (non-hydrogen) atoms. The minimum Gasteiger partial charge on any atom is -0.449 e. The topological polar surface area (TPSA) is 50.8 Å². The average Bonchev–Trinajstić information content (AvgIpc) is 2.44. The number of hydrogen-bond acceptors (Lipinski definition) is 4. The standard InChI is InChI=1S/C15H30N2O3/c1-5-13(4)14(10-17-6-8-19-9-7-17)16-15(18)20-11-12(2)3/h12-14H,5-11H2,1-4H3,(H,16,18)/t13?,14-/m1/s1. The number of morpholine rings is 1. The predicted octanol–water partition coefficient (Wildman–Crippen LogP) is 2.12. The summed E-state index contributed by atoms with van der Waals surface area (Å²) in [6.07, 6.45) is 0.747. The molecule has 0 saturated carbocycles. The number of carbonyl (C=O) groups excluding carboxylic acids is 1. The van der Waals surface area contributed by atoms with Gasteiger partial charge in [0.2, 0.25) is 0 Å². The van der Waals surface area contributed by atoms with Gasteiger partial charge in [-0.05, 0) is 11.8 Å². The van der Waals surface area contributed by atoms with Crippen molar-refractivity contribution in [3.05, 3.63) is 0 Å². The van der Waals surface area contributed by atoms with Crippen molar-refractivity contribution in [2.24, 2.45) is 11.8 Å². The molecule has 2 atom stereocenters. The van der Waals surface area contributed by atoms with Crippen LogP contribution in [-0.2, 0) is 9.47 Å². The molecule has 0 aromatic rings. The van der Waals surface area contributed by atoms with Crippen molar-refractivity contribution < 1.29 is 14.3 Å². The maximum absolute atomic E-state index is 11.8. The second-order valence-corrected chi connectivity index (χ2v) is 6.04. The summed E-state index contributed by atoms with van der Waals surface area (Å²) in [5, 5.41) is 3.03. The molecule has 1 saturated heterocycles. The van der Waals surface area contributed by atoms with Gasteiger partial charge in [0.1, 0.15) is 0 Å². The zero-order valence-electron chi connectivity index (χ0n) is 13.4. The Hall–Kier alpha value is -0.810. The summed E-state index contributed by atoms with van der Waals surface area (Å²) < 4.78 is 10.6. The first kappa shape index (κ1) is 17.2. The Morgan fingerprint density at radius 3 is 2.50 bits per heavy atom. The third-order valence-corrected chi connectivity index (χ3v) is 3.74. The summed E-state index contributed by atoms with van der Waals surface area (Å²) >= 11 is 0. The molecule has 0 aromatic heterocycles. The van der Waals surface area contributed by atoms with Gasteiger partial charge in [-0.25, -0.2) is 4.79 Å². The van der Waals surface area contributed by atoms with Gasteiger partial charge in [0.05, 0.1) is 19.8 Å². The lowest BCUT2D eigenvalue weighted by Crippen LogP contribution is -2.50. The number of nitrogens with one attached hydrogen (secondary N) is 1. The first-order valence-electron chi connectivity index (χ1n) is 7.76. The van der Waals surface area contributed by atoms with Crippen molar-refractivity contribution in [3.63, 3.8) is 0 Å². The summed E-state index contributed by atoms with van der Waals surface area (Å²) in [5.41, 5.74) is 0. The molecule has 0 aliphatic carbocycles. The summed E-state index contributed by atoms with van der Waals surface area (Å²) in [7, 11) is 0. The van der Waals surface area contributed by atoms with Crippen LogP contribution in [0.5, 0.6) is 0 Å². The fourth-order valence-corrected chi connectivity index (χ4v) is 2.15. The third kappa shape index (κ3) is 6.57. The largest absolute Gasteiger partial charge is 0.449 e. The maximum atomic E-state index is 11.8. The lowest BCUT2D eigenvalue weighted by Gasteiger charge is -2.33. The van der Waals surface area contributed by atoms with Crippen LogP contribution >= 0.6 is 0 Å². The first-order valence-corrected chi connectivity index (χ1v) is 7.76. The molecule has 118 valence electrons. The normalized spacial score (nSPS) is 19.6. The smallest absolute Gasteiger partial charge is 0.407 e. The van der Waals surface area contributed by atoms with E-state index in [2.05, 4.69) is 24.1 Å². The molecule has 1 fully saturated rings. The summed E-state index contributed by atoms with van der Waals surface area (Å²) in [4.78, 5) is 14.2. The molecule has 0 aromatic carbocycles. The lowest BCUT2D eigenvalue weighted by molar-refractivity contribution is 0.0298. The summed E-state index contributed by atoms with van der Waals surface area (Å²) in [6, 6.07) is 0.137. The molecule has 0 radical (unpaired) electrons. The van der Waals surface area contributed by atoms with E-state index < -0.39 is 0 Å². The van der Waals surface area contributed by atoms with Crippen LogP contribution in [0, 0.1) is 11.8 Å². The lowest BCUT2D eigenvalue weighted by atomic mass is 9.98. The van der Waals surface area contributed by atoms with Crippen LogP contribution in [0.3, 0.4) is 0 Å². The number of ether oxygens (including phenoxy) is 2. The van der Waals surface area contributed by atoms with E-state index in [0.29, 0.717) is 18.4 Å². The molecule has 5 nitrogen and oxygen atoms in total. The highest BCUT2D eigenvalue weighted by Crippen LogP contribution is 2.11. The Morgan fingerprint density at radius 2 is 1.95 bits per heavy atom. The van der Waals surface area contributed by atoms with E-state index in [-0.39, 0.29) is 12.1 Å². The zero-order chi connectivity index (χ0) is 15.0. The highest BCUT2D eigenvalue weighted by molar-refractivity contribution is 5.67. The number of alkyl carbamates (subject to hydrolysis) is 1. The van der Waals surface area contributed by atoms with Gasteiger partial charge in [-0.15, -0.1) is 0 Å². The van der Waals surface area contributed by atoms with Gasteiger partial charge < -0.3 is 14.8 Å². The van der Waals surface area contributed by atoms with E-state index in [1.165, 1.54) is 0 Å². The molecule has 1 N–H and O–H groups in total. The van der Waals surface area contributed by atoms with Crippen molar-refractivity contribution in [3.8, 4) is 0 Å². The van der Waals surface area contributed by atoms with Crippen LogP contribution in [0.2, 0.25) is 0 Å². The molecule has 1 heterocycles. The van der Waals surface area contributed by atoms with Crippen LogP contribution in [0.4, 0.5) is 4.79 Å². The number of hydrogen-bond donors (Lipinski definition) is 1. The van der Waals surface area contributed by atoms with Crippen LogP contribution in [0.15, 0.2) is 0 Å². The molecule has 0 spiro atoms. The number of amides is 1. The van der Waals surface area contributed by atoms with Gasteiger partial charge in [-0.3, -0.25) is 4.90 Å². The van der Waals surface area contributed by atoms with Gasteiger partial charge in [-0.2, -0.15) is 0 Å². The fraction of sp³-hybridized carbons (Fsp3) is 0.933. The zero-order valence-corrected chi connectivity index (χ0v) is 13.4. The Kier molecular flexibility index (Phi) is 7.92. The van der Waals surface area contributed by atoms with Crippen molar-refractivity contribution >= 4 is 6.09 Å². The molecular weight excluding hydrogens is 256 g/mol. The summed E-state index contributed by atoms with van der Waals surface area (Å²) in [6.45, 7) is 13.2. The molecule has 1 unspecified atom stereocenters. The highest BCUT2D eigenvalue weighted by atomic mass is 16.5. The average molecular weight is 286 g/mol. The molecule has 1 rings (SSSR count). The first-order chi connectivity index (χ1) is 9.52. The van der Waals surface area contributed by atoms with E-state index in [1.807, 2.05) is 13.8 Å². The van der Waals surface area contributed by atoms with E-state index in [9.17, 15) is 4.79 Å². The quantitative estimate of drug-likeness (QED) is 0.779. The maximum Gasteiger partial charge on any atom is 0.407 e. The van der Waals surface area contributed by atoms with Crippen LogP contribution in [0.1, 0.15) is 34.1 Å². The van der Waals surface area contributed by atoms with Gasteiger partial charge in [0, 0.05) is 25.7 Å². The van der Waals surface area contributed by atoms with Crippen molar-refractivity contribution in [1.29, 1.82) is 0 Å². The van der Waals surface area contributed by atoms with Gasteiger partial charge in [0.15, 0.2) is 0 Å². The molecule has 1 amide bonds. The van der Waals surface area contributed by atoms with Crippen LogP contribution in [-0.4, -0.2) is 56.5 Å². The molecule has 1 aliphatic rings. The number of nitrogens with zero attached hydrogens (tertiary/aromatic N) is 1. The molecule has 1 aliphatic heterocycles. The number of rotatable bonds is 7. The molecule has 0 bridgehead atoms. The molecular formula is C15H30N2O3. The van der Waals surface area contributed by atoms with Gasteiger partial charge >= 0.3 is 6.09 Å². The predicted molar refractivity (Wildman–Crippen MR) is 79.8 cm³/mol. The highest BCUT2D eigenvalue weighted by Gasteiger charge is 2.23. The Bertz CT molecular complexity index is 278. The second-order valence-electron chi connectivity index (χ2n) is 6.04. The third-order valence-electron chi connectivity index (χ3n) is 3.74. The Morgan fingerprint density at radius 1 is 1.30 bits per heavy atom.